The second kappa shape index (κ2) is 11.2. The Bertz CT molecular complexity index is 1440. The van der Waals surface area contributed by atoms with Gasteiger partial charge in [0.15, 0.2) is 0 Å². The van der Waals surface area contributed by atoms with Gasteiger partial charge in [0.25, 0.3) is 0 Å². The van der Waals surface area contributed by atoms with Crippen LogP contribution in [-0.4, -0.2) is 25.2 Å². The molecule has 0 radical (unpaired) electrons. The van der Waals surface area contributed by atoms with Crippen molar-refractivity contribution < 1.29 is 26.4 Å². The number of aryl methyl sites for hydroxylation is 3. The minimum atomic E-state index is -4.80. The van der Waals surface area contributed by atoms with E-state index in [9.17, 15) is 26.4 Å². The molecule has 3 aromatic carbocycles. The SMILES string of the molecule is Cc1cc(C)c(S(=O)(=O)N(CC(=O)Nc2ccc(Cl)cc2C(F)(F)F)Cc2ccc(Cl)c(Cl)c2)c(C)c1. The lowest BCUT2D eigenvalue weighted by molar-refractivity contribution is -0.137. The quantitative estimate of drug-likeness (QED) is 0.310. The Morgan fingerprint density at radius 1 is 0.919 bits per heavy atom. The fourth-order valence-corrected chi connectivity index (χ4v) is 6.27. The van der Waals surface area contributed by atoms with Crippen molar-refractivity contribution in [1.82, 2.24) is 4.31 Å². The number of hydrogen-bond donors (Lipinski definition) is 1. The summed E-state index contributed by atoms with van der Waals surface area (Å²) >= 11 is 17.8. The summed E-state index contributed by atoms with van der Waals surface area (Å²) in [6.45, 7) is 4.03. The normalized spacial score (nSPS) is 12.2. The van der Waals surface area contributed by atoms with Crippen LogP contribution in [0.15, 0.2) is 53.4 Å². The molecule has 0 aliphatic carbocycles. The van der Waals surface area contributed by atoms with Gasteiger partial charge in [-0.15, -0.1) is 0 Å². The van der Waals surface area contributed by atoms with Crippen LogP contribution >= 0.6 is 34.8 Å². The fraction of sp³-hybridized carbons (Fsp3) is 0.240. The van der Waals surface area contributed by atoms with E-state index in [4.69, 9.17) is 34.8 Å². The third-order valence-electron chi connectivity index (χ3n) is 5.43. The van der Waals surface area contributed by atoms with Crippen molar-refractivity contribution in [3.8, 4) is 0 Å². The number of nitrogens with zero attached hydrogens (tertiary/aromatic N) is 1. The molecule has 0 aliphatic heterocycles. The number of halogens is 6. The van der Waals surface area contributed by atoms with E-state index >= 15 is 0 Å². The highest BCUT2D eigenvalue weighted by Crippen LogP contribution is 2.36. The summed E-state index contributed by atoms with van der Waals surface area (Å²) in [7, 11) is -4.28. The van der Waals surface area contributed by atoms with Crippen LogP contribution in [0.25, 0.3) is 0 Å². The molecule has 0 unspecified atom stereocenters. The Balaban J connectivity index is 2.02. The smallest absolute Gasteiger partial charge is 0.324 e. The fourth-order valence-electron chi connectivity index (χ4n) is 3.98. The van der Waals surface area contributed by atoms with Crippen LogP contribution in [-0.2, 0) is 27.5 Å². The third-order valence-corrected chi connectivity index (χ3v) is 8.50. The van der Waals surface area contributed by atoms with Gasteiger partial charge in [0.05, 0.1) is 32.7 Å². The van der Waals surface area contributed by atoms with Crippen molar-refractivity contribution >= 4 is 56.4 Å². The summed E-state index contributed by atoms with van der Waals surface area (Å²) in [6.07, 6.45) is -4.80. The lowest BCUT2D eigenvalue weighted by atomic mass is 10.1. The van der Waals surface area contributed by atoms with Crippen LogP contribution < -0.4 is 5.32 Å². The number of carbonyl (C=O) groups is 1. The van der Waals surface area contributed by atoms with Gasteiger partial charge in [-0.1, -0.05) is 58.6 Å². The van der Waals surface area contributed by atoms with Crippen LogP contribution in [0.4, 0.5) is 18.9 Å². The summed E-state index contributed by atoms with van der Waals surface area (Å²) in [5, 5.41) is 2.44. The van der Waals surface area contributed by atoms with Crippen LogP contribution in [0.1, 0.15) is 27.8 Å². The number of rotatable bonds is 7. The van der Waals surface area contributed by atoms with E-state index in [-0.39, 0.29) is 26.5 Å². The number of sulfonamides is 1. The van der Waals surface area contributed by atoms with Gasteiger partial charge in [-0.2, -0.15) is 17.5 Å². The zero-order valence-electron chi connectivity index (χ0n) is 19.9. The van der Waals surface area contributed by atoms with Gasteiger partial charge in [-0.3, -0.25) is 4.79 Å². The molecule has 0 aromatic heterocycles. The van der Waals surface area contributed by atoms with E-state index < -0.39 is 39.9 Å². The Labute approximate surface area is 228 Å². The van der Waals surface area contributed by atoms with Crippen molar-refractivity contribution in [3.63, 3.8) is 0 Å². The zero-order chi connectivity index (χ0) is 27.7. The summed E-state index contributed by atoms with van der Waals surface area (Å²) in [5.41, 5.74) is 0.512. The largest absolute Gasteiger partial charge is 0.418 e. The number of alkyl halides is 3. The maximum Gasteiger partial charge on any atom is 0.418 e. The van der Waals surface area contributed by atoms with Crippen molar-refractivity contribution in [2.45, 2.75) is 38.4 Å². The minimum absolute atomic E-state index is 0.00781. The topological polar surface area (TPSA) is 66.5 Å². The second-order valence-corrected chi connectivity index (χ2v) is 11.6. The van der Waals surface area contributed by atoms with Gasteiger partial charge in [-0.25, -0.2) is 8.42 Å². The molecule has 12 heteroatoms. The van der Waals surface area contributed by atoms with Crippen LogP contribution in [0.2, 0.25) is 15.1 Å². The van der Waals surface area contributed by atoms with Gasteiger partial charge in [0, 0.05) is 11.6 Å². The first kappa shape index (κ1) is 29.3. The monoisotopic (exact) mass is 592 g/mol. The maximum atomic E-state index is 13.8. The molecule has 0 heterocycles. The van der Waals surface area contributed by atoms with E-state index in [2.05, 4.69) is 5.32 Å². The van der Waals surface area contributed by atoms with Crippen LogP contribution in [0.3, 0.4) is 0 Å². The van der Waals surface area contributed by atoms with Crippen LogP contribution in [0, 0.1) is 20.8 Å². The van der Waals surface area contributed by atoms with E-state index in [0.29, 0.717) is 22.8 Å². The predicted molar refractivity (Wildman–Crippen MR) is 140 cm³/mol. The summed E-state index contributed by atoms with van der Waals surface area (Å²) in [4.78, 5) is 12.9. The molecule has 198 valence electrons. The zero-order valence-corrected chi connectivity index (χ0v) is 23.0. The van der Waals surface area contributed by atoms with Gasteiger partial charge in [0.1, 0.15) is 0 Å². The molecule has 5 nitrogen and oxygen atoms in total. The molecular weight excluding hydrogens is 572 g/mol. The molecule has 0 bridgehead atoms. The third kappa shape index (κ3) is 6.97. The molecule has 1 N–H and O–H groups in total. The molecule has 0 aliphatic rings. The van der Waals surface area contributed by atoms with Gasteiger partial charge >= 0.3 is 6.18 Å². The highest BCUT2D eigenvalue weighted by Gasteiger charge is 2.35. The standard InChI is InChI=1S/C25H22Cl3F3N2O3S/c1-14-8-15(2)24(16(3)9-14)37(35,36)33(12-17-4-6-20(27)21(28)10-17)13-23(34)32-22-7-5-18(26)11-19(22)25(29,30)31/h4-11H,12-13H2,1-3H3,(H,32,34). The van der Waals surface area contributed by atoms with Gasteiger partial charge in [0.2, 0.25) is 15.9 Å². The number of amides is 1. The van der Waals surface area contributed by atoms with E-state index in [0.717, 1.165) is 15.9 Å². The Morgan fingerprint density at radius 2 is 1.54 bits per heavy atom. The molecule has 0 atom stereocenters. The molecule has 0 saturated heterocycles. The number of benzene rings is 3. The number of anilines is 1. The van der Waals surface area contributed by atoms with Crippen LogP contribution in [0.5, 0.6) is 0 Å². The molecular formula is C25H22Cl3F3N2O3S. The van der Waals surface area contributed by atoms with Gasteiger partial charge < -0.3 is 5.32 Å². The molecule has 3 rings (SSSR count). The lowest BCUT2D eigenvalue weighted by Crippen LogP contribution is -2.38. The first-order chi connectivity index (χ1) is 17.1. The first-order valence-electron chi connectivity index (χ1n) is 10.8. The number of nitrogens with one attached hydrogen (secondary N) is 1. The Kier molecular flexibility index (Phi) is 8.86. The molecule has 0 spiro atoms. The predicted octanol–water partition coefficient (Wildman–Crippen LogP) is 7.42. The first-order valence-corrected chi connectivity index (χ1v) is 13.4. The molecule has 0 fully saturated rings. The average molecular weight is 594 g/mol. The maximum absolute atomic E-state index is 13.8. The lowest BCUT2D eigenvalue weighted by Gasteiger charge is -2.25. The molecule has 0 saturated carbocycles. The second-order valence-electron chi connectivity index (χ2n) is 8.49. The van der Waals surface area contributed by atoms with Crippen molar-refractivity contribution in [1.29, 1.82) is 0 Å². The average Bonchev–Trinajstić information content (AvgIpc) is 2.75. The summed E-state index contributed by atoms with van der Waals surface area (Å²) in [5.74, 6) is -0.973. The molecule has 3 aromatic rings. The number of hydrogen-bond acceptors (Lipinski definition) is 3. The van der Waals surface area contributed by atoms with Crippen molar-refractivity contribution in [2.24, 2.45) is 0 Å². The summed E-state index contributed by atoms with van der Waals surface area (Å²) < 4.78 is 68.9. The van der Waals surface area contributed by atoms with Gasteiger partial charge in [-0.05, 0) is 67.8 Å². The highest BCUT2D eigenvalue weighted by molar-refractivity contribution is 7.89. The summed E-state index contributed by atoms with van der Waals surface area (Å²) in [6, 6.07) is 10.8. The molecule has 1 amide bonds. The Hall–Kier alpha value is -2.30. The van der Waals surface area contributed by atoms with E-state index in [1.165, 1.54) is 18.2 Å². The van der Waals surface area contributed by atoms with E-state index in [1.54, 1.807) is 32.0 Å². The van der Waals surface area contributed by atoms with Crippen molar-refractivity contribution in [3.05, 3.63) is 91.4 Å². The highest BCUT2D eigenvalue weighted by atomic mass is 35.5. The molecule has 37 heavy (non-hydrogen) atoms. The Morgan fingerprint density at radius 3 is 2.11 bits per heavy atom. The minimum Gasteiger partial charge on any atom is -0.324 e. The van der Waals surface area contributed by atoms with E-state index in [1.807, 2.05) is 6.92 Å². The number of carbonyl (C=O) groups excluding carboxylic acids is 1. The van der Waals surface area contributed by atoms with Crippen molar-refractivity contribution in [2.75, 3.05) is 11.9 Å².